The van der Waals surface area contributed by atoms with Crippen LogP contribution in [0.15, 0.2) is 65.6 Å². The number of ether oxygens (including phenoxy) is 4. The summed E-state index contributed by atoms with van der Waals surface area (Å²) in [4.78, 5) is 26.0. The van der Waals surface area contributed by atoms with Crippen molar-refractivity contribution < 1.29 is 28.5 Å². The van der Waals surface area contributed by atoms with Crippen molar-refractivity contribution in [1.29, 1.82) is 0 Å². The number of amides is 2. The summed E-state index contributed by atoms with van der Waals surface area (Å²) in [5.74, 6) is 1.88. The second kappa shape index (κ2) is 10.2. The number of carbonyl (C=O) groups excluding carboxylic acids is 2. The lowest BCUT2D eigenvalue weighted by molar-refractivity contribution is -0.113. The SMILES string of the molecule is COc1cccc(OC)c1C(=O)Nc1ccc(SCC(=O)Nc2ccc3c(c2)OCO3)cc1. The van der Waals surface area contributed by atoms with Crippen LogP contribution in [-0.4, -0.2) is 38.6 Å². The summed E-state index contributed by atoms with van der Waals surface area (Å²) in [5, 5.41) is 5.69. The monoisotopic (exact) mass is 466 g/mol. The van der Waals surface area contributed by atoms with Crippen LogP contribution in [0.4, 0.5) is 11.4 Å². The van der Waals surface area contributed by atoms with Gasteiger partial charge in [-0.3, -0.25) is 9.59 Å². The predicted octanol–water partition coefficient (Wildman–Crippen LogP) is 4.42. The molecule has 8 nitrogen and oxygen atoms in total. The molecule has 0 radical (unpaired) electrons. The van der Waals surface area contributed by atoms with Gasteiger partial charge in [-0.2, -0.15) is 0 Å². The van der Waals surface area contributed by atoms with Gasteiger partial charge in [-0.25, -0.2) is 0 Å². The van der Waals surface area contributed by atoms with Crippen LogP contribution >= 0.6 is 11.8 Å². The van der Waals surface area contributed by atoms with Crippen molar-refractivity contribution in [2.45, 2.75) is 4.90 Å². The van der Waals surface area contributed by atoms with Gasteiger partial charge in [0.05, 0.1) is 20.0 Å². The molecule has 9 heteroatoms. The Morgan fingerprint density at radius 3 is 2.24 bits per heavy atom. The summed E-state index contributed by atoms with van der Waals surface area (Å²) in [6.07, 6.45) is 0. The Morgan fingerprint density at radius 2 is 1.55 bits per heavy atom. The summed E-state index contributed by atoms with van der Waals surface area (Å²) in [5.41, 5.74) is 1.58. The fourth-order valence-electron chi connectivity index (χ4n) is 3.22. The minimum absolute atomic E-state index is 0.139. The first-order valence-corrected chi connectivity index (χ1v) is 11.0. The first kappa shape index (κ1) is 22.3. The average Bonchev–Trinajstić information content (AvgIpc) is 3.31. The Bertz CT molecular complexity index is 1140. The van der Waals surface area contributed by atoms with Gasteiger partial charge in [0.15, 0.2) is 11.5 Å². The smallest absolute Gasteiger partial charge is 0.263 e. The van der Waals surface area contributed by atoms with Crippen molar-refractivity contribution >= 4 is 35.0 Å². The molecule has 0 bridgehead atoms. The molecule has 0 aliphatic carbocycles. The third kappa shape index (κ3) is 5.32. The lowest BCUT2D eigenvalue weighted by Crippen LogP contribution is -2.14. The molecule has 0 atom stereocenters. The van der Waals surface area contributed by atoms with E-state index < -0.39 is 0 Å². The molecular weight excluding hydrogens is 444 g/mol. The van der Waals surface area contributed by atoms with E-state index in [9.17, 15) is 9.59 Å². The van der Waals surface area contributed by atoms with E-state index in [0.717, 1.165) is 4.90 Å². The summed E-state index contributed by atoms with van der Waals surface area (Å²) >= 11 is 1.39. The third-order valence-corrected chi connectivity index (χ3v) is 5.81. The number of carbonyl (C=O) groups is 2. The molecule has 1 aliphatic rings. The van der Waals surface area contributed by atoms with Crippen LogP contribution in [0.25, 0.3) is 0 Å². The number of hydrogen-bond donors (Lipinski definition) is 2. The van der Waals surface area contributed by atoms with Gasteiger partial charge in [-0.1, -0.05) is 6.07 Å². The number of thioether (sulfide) groups is 1. The molecule has 1 aliphatic heterocycles. The Kier molecular flexibility index (Phi) is 6.89. The molecule has 3 aromatic carbocycles. The Hall–Kier alpha value is -3.85. The van der Waals surface area contributed by atoms with Crippen LogP contribution in [-0.2, 0) is 4.79 Å². The van der Waals surface area contributed by atoms with Gasteiger partial charge in [0.1, 0.15) is 17.1 Å². The number of nitrogens with one attached hydrogen (secondary N) is 2. The largest absolute Gasteiger partial charge is 0.496 e. The van der Waals surface area contributed by atoms with Crippen molar-refractivity contribution in [2.24, 2.45) is 0 Å². The van der Waals surface area contributed by atoms with E-state index in [-0.39, 0.29) is 24.4 Å². The van der Waals surface area contributed by atoms with Gasteiger partial charge in [0.25, 0.3) is 5.91 Å². The van der Waals surface area contributed by atoms with Gasteiger partial charge in [0.2, 0.25) is 12.7 Å². The minimum Gasteiger partial charge on any atom is -0.496 e. The Balaban J connectivity index is 1.32. The maximum absolute atomic E-state index is 12.8. The molecule has 0 saturated carbocycles. The normalized spacial score (nSPS) is 11.6. The summed E-state index contributed by atoms with van der Waals surface area (Å²) in [6, 6.07) is 17.7. The second-order valence-corrected chi connectivity index (χ2v) is 7.97. The van der Waals surface area contributed by atoms with Gasteiger partial charge >= 0.3 is 0 Å². The zero-order valence-electron chi connectivity index (χ0n) is 18.0. The molecule has 2 amide bonds. The van der Waals surface area contributed by atoms with Crippen LogP contribution < -0.4 is 29.6 Å². The molecule has 2 N–H and O–H groups in total. The molecule has 0 saturated heterocycles. The zero-order valence-corrected chi connectivity index (χ0v) is 18.9. The van der Waals surface area contributed by atoms with Crippen LogP contribution in [0.5, 0.6) is 23.0 Å². The second-order valence-electron chi connectivity index (χ2n) is 6.92. The molecule has 0 aromatic heterocycles. The van der Waals surface area contributed by atoms with Crippen LogP contribution in [0.2, 0.25) is 0 Å². The molecule has 170 valence electrons. The van der Waals surface area contributed by atoms with Crippen molar-refractivity contribution in [3.63, 3.8) is 0 Å². The van der Waals surface area contributed by atoms with Gasteiger partial charge in [-0.15, -0.1) is 11.8 Å². The lowest BCUT2D eigenvalue weighted by atomic mass is 10.1. The molecule has 1 heterocycles. The first-order valence-electron chi connectivity index (χ1n) is 10.0. The van der Waals surface area contributed by atoms with Crippen LogP contribution in [0.3, 0.4) is 0 Å². The van der Waals surface area contributed by atoms with E-state index in [1.54, 1.807) is 48.5 Å². The first-order chi connectivity index (χ1) is 16.1. The van der Waals surface area contributed by atoms with Gasteiger partial charge in [0, 0.05) is 22.3 Å². The van der Waals surface area contributed by atoms with E-state index in [1.165, 1.54) is 26.0 Å². The predicted molar refractivity (Wildman–Crippen MR) is 126 cm³/mol. The van der Waals surface area contributed by atoms with E-state index in [0.29, 0.717) is 39.9 Å². The van der Waals surface area contributed by atoms with E-state index >= 15 is 0 Å². The standard InChI is InChI=1S/C24H22N2O6S/c1-29-19-4-3-5-20(30-2)23(19)24(28)26-15-6-9-17(10-7-15)33-13-22(27)25-16-8-11-18-21(12-16)32-14-31-18/h3-12H,13-14H2,1-2H3,(H,25,27)(H,26,28). The highest BCUT2D eigenvalue weighted by molar-refractivity contribution is 8.00. The Morgan fingerprint density at radius 1 is 0.879 bits per heavy atom. The number of fused-ring (bicyclic) bond motifs is 1. The Labute approximate surface area is 195 Å². The number of benzene rings is 3. The summed E-state index contributed by atoms with van der Waals surface area (Å²) < 4.78 is 21.2. The zero-order chi connectivity index (χ0) is 23.2. The van der Waals surface area contributed by atoms with Crippen molar-refractivity contribution in [3.8, 4) is 23.0 Å². The third-order valence-electron chi connectivity index (χ3n) is 4.79. The quantitative estimate of drug-likeness (QED) is 0.475. The molecular formula is C24H22N2O6S. The summed E-state index contributed by atoms with van der Waals surface area (Å²) in [7, 11) is 3.00. The maximum atomic E-state index is 12.8. The number of anilines is 2. The molecule has 0 fully saturated rings. The fourth-order valence-corrected chi connectivity index (χ4v) is 3.92. The molecule has 0 spiro atoms. The molecule has 33 heavy (non-hydrogen) atoms. The van der Waals surface area contributed by atoms with Gasteiger partial charge < -0.3 is 29.6 Å². The highest BCUT2D eigenvalue weighted by Crippen LogP contribution is 2.34. The van der Waals surface area contributed by atoms with Crippen molar-refractivity contribution in [3.05, 3.63) is 66.2 Å². The van der Waals surface area contributed by atoms with E-state index in [2.05, 4.69) is 10.6 Å². The number of rotatable bonds is 8. The number of methoxy groups -OCH3 is 2. The molecule has 0 unspecified atom stereocenters. The highest BCUT2D eigenvalue weighted by atomic mass is 32.2. The van der Waals surface area contributed by atoms with E-state index in [4.69, 9.17) is 18.9 Å². The van der Waals surface area contributed by atoms with Crippen LogP contribution in [0.1, 0.15) is 10.4 Å². The summed E-state index contributed by atoms with van der Waals surface area (Å²) in [6.45, 7) is 0.186. The van der Waals surface area contributed by atoms with E-state index in [1.807, 2.05) is 12.1 Å². The van der Waals surface area contributed by atoms with Crippen molar-refractivity contribution in [2.75, 3.05) is 37.4 Å². The van der Waals surface area contributed by atoms with Crippen molar-refractivity contribution in [1.82, 2.24) is 0 Å². The fraction of sp³-hybridized carbons (Fsp3) is 0.167. The minimum atomic E-state index is -0.340. The highest BCUT2D eigenvalue weighted by Gasteiger charge is 2.18. The lowest BCUT2D eigenvalue weighted by Gasteiger charge is -2.13. The number of hydrogen-bond acceptors (Lipinski definition) is 7. The van der Waals surface area contributed by atoms with Gasteiger partial charge in [-0.05, 0) is 48.5 Å². The average molecular weight is 467 g/mol. The van der Waals surface area contributed by atoms with Crippen LogP contribution in [0, 0.1) is 0 Å². The molecule has 4 rings (SSSR count). The topological polar surface area (TPSA) is 95.1 Å². The molecule has 3 aromatic rings. The maximum Gasteiger partial charge on any atom is 0.263 e.